The molecule has 2 aromatic rings. The molecule has 0 aliphatic carbocycles. The number of hydrogen-bond donors (Lipinski definition) is 2. The van der Waals surface area contributed by atoms with Crippen LogP contribution in [0, 0.1) is 6.92 Å². The summed E-state index contributed by atoms with van der Waals surface area (Å²) in [4.78, 5) is 16.4. The van der Waals surface area contributed by atoms with Crippen LogP contribution in [0.1, 0.15) is 25.2 Å². The van der Waals surface area contributed by atoms with E-state index in [1.807, 2.05) is 25.1 Å². The van der Waals surface area contributed by atoms with E-state index in [2.05, 4.69) is 15.6 Å². The van der Waals surface area contributed by atoms with Gasteiger partial charge in [-0.05, 0) is 37.6 Å². The summed E-state index contributed by atoms with van der Waals surface area (Å²) in [5, 5.41) is 6.16. The zero-order valence-corrected chi connectivity index (χ0v) is 10.9. The zero-order valence-electron chi connectivity index (χ0n) is 10.9. The molecule has 3 rings (SSSR count). The Balaban J connectivity index is 1.74. The molecule has 1 amide bonds. The number of rotatable bonds is 2. The van der Waals surface area contributed by atoms with Crippen LogP contribution in [0.5, 0.6) is 0 Å². The molecule has 5 nitrogen and oxygen atoms in total. The molecule has 1 aliphatic rings. The van der Waals surface area contributed by atoms with Gasteiger partial charge in [0.2, 0.25) is 5.91 Å². The van der Waals surface area contributed by atoms with E-state index in [0.717, 1.165) is 42.6 Å². The predicted octanol–water partition coefficient (Wildman–Crippen LogP) is 2.22. The minimum atomic E-state index is -0.0801. The topological polar surface area (TPSA) is 67.2 Å². The largest absolute Gasteiger partial charge is 0.441 e. The van der Waals surface area contributed by atoms with Gasteiger partial charge in [0.05, 0.1) is 6.04 Å². The number of fused-ring (bicyclic) bond motifs is 1. The summed E-state index contributed by atoms with van der Waals surface area (Å²) in [6.45, 7) is 2.73. The molecule has 2 heterocycles. The molecular weight excluding hydrogens is 242 g/mol. The highest BCUT2D eigenvalue weighted by Gasteiger charge is 2.20. The van der Waals surface area contributed by atoms with Gasteiger partial charge in [-0.15, -0.1) is 0 Å². The van der Waals surface area contributed by atoms with E-state index in [4.69, 9.17) is 4.42 Å². The highest BCUT2D eigenvalue weighted by atomic mass is 16.3. The first-order chi connectivity index (χ1) is 9.22. The molecule has 0 saturated carbocycles. The molecule has 19 heavy (non-hydrogen) atoms. The van der Waals surface area contributed by atoms with Gasteiger partial charge < -0.3 is 15.1 Å². The van der Waals surface area contributed by atoms with Crippen molar-refractivity contribution < 1.29 is 9.21 Å². The summed E-state index contributed by atoms with van der Waals surface area (Å²) in [6, 6.07) is 5.43. The van der Waals surface area contributed by atoms with Gasteiger partial charge in [0.25, 0.3) is 0 Å². The van der Waals surface area contributed by atoms with Crippen molar-refractivity contribution in [1.82, 2.24) is 10.3 Å². The normalized spacial score (nSPS) is 19.5. The van der Waals surface area contributed by atoms with Gasteiger partial charge in [-0.3, -0.25) is 4.79 Å². The first-order valence-corrected chi connectivity index (χ1v) is 6.64. The van der Waals surface area contributed by atoms with Crippen LogP contribution in [0.3, 0.4) is 0 Å². The molecule has 1 atom stereocenters. The van der Waals surface area contributed by atoms with Crippen molar-refractivity contribution in [1.29, 1.82) is 0 Å². The van der Waals surface area contributed by atoms with Crippen LogP contribution in [0.15, 0.2) is 22.6 Å². The lowest BCUT2D eigenvalue weighted by Gasteiger charge is -2.22. The third kappa shape index (κ3) is 2.61. The zero-order chi connectivity index (χ0) is 13.2. The first kappa shape index (κ1) is 12.2. The first-order valence-electron chi connectivity index (χ1n) is 6.64. The molecular formula is C14H17N3O2. The summed E-state index contributed by atoms with van der Waals surface area (Å²) in [5.41, 5.74) is 2.27. The van der Waals surface area contributed by atoms with Crippen molar-refractivity contribution in [2.45, 2.75) is 32.2 Å². The van der Waals surface area contributed by atoms with Gasteiger partial charge >= 0.3 is 0 Å². The Morgan fingerprint density at radius 2 is 2.37 bits per heavy atom. The van der Waals surface area contributed by atoms with Crippen molar-refractivity contribution in [2.75, 3.05) is 11.9 Å². The van der Waals surface area contributed by atoms with Gasteiger partial charge in [0, 0.05) is 12.6 Å². The van der Waals surface area contributed by atoms with Crippen LogP contribution >= 0.6 is 0 Å². The molecule has 1 saturated heterocycles. The molecule has 0 bridgehead atoms. The number of anilines is 1. The Morgan fingerprint density at radius 3 is 3.16 bits per heavy atom. The number of carbonyl (C=O) groups excluding carboxylic acids is 1. The van der Waals surface area contributed by atoms with Gasteiger partial charge in [-0.1, -0.05) is 6.42 Å². The van der Waals surface area contributed by atoms with Crippen LogP contribution in [-0.4, -0.2) is 23.5 Å². The molecule has 1 aliphatic heterocycles. The molecule has 2 N–H and O–H groups in total. The highest BCUT2D eigenvalue weighted by molar-refractivity contribution is 5.96. The highest BCUT2D eigenvalue weighted by Crippen LogP contribution is 2.20. The van der Waals surface area contributed by atoms with Crippen molar-refractivity contribution in [3.8, 4) is 0 Å². The van der Waals surface area contributed by atoms with Crippen molar-refractivity contribution in [3.63, 3.8) is 0 Å². The molecule has 1 fully saturated rings. The summed E-state index contributed by atoms with van der Waals surface area (Å²) in [6.07, 6.45) is 3.15. The lowest BCUT2D eigenvalue weighted by molar-refractivity contribution is -0.118. The average Bonchev–Trinajstić information content (AvgIpc) is 2.79. The Morgan fingerprint density at radius 1 is 1.47 bits per heavy atom. The second-order valence-corrected chi connectivity index (χ2v) is 4.91. The minimum absolute atomic E-state index is 0.0271. The second-order valence-electron chi connectivity index (χ2n) is 4.91. The number of nitrogens with zero attached hydrogens (tertiary/aromatic N) is 1. The second kappa shape index (κ2) is 5.01. The Hall–Kier alpha value is -1.88. The van der Waals surface area contributed by atoms with E-state index in [1.165, 1.54) is 0 Å². The Labute approximate surface area is 111 Å². The van der Waals surface area contributed by atoms with Gasteiger partial charge in [-0.25, -0.2) is 4.98 Å². The number of benzene rings is 1. The maximum Gasteiger partial charge on any atom is 0.241 e. The van der Waals surface area contributed by atoms with Gasteiger partial charge in [-0.2, -0.15) is 0 Å². The molecule has 1 aromatic heterocycles. The minimum Gasteiger partial charge on any atom is -0.441 e. The third-order valence-corrected chi connectivity index (χ3v) is 3.39. The number of nitrogens with one attached hydrogen (secondary N) is 2. The number of piperidine rings is 1. The van der Waals surface area contributed by atoms with Crippen LogP contribution in [0.2, 0.25) is 0 Å². The molecule has 5 heteroatoms. The number of aromatic nitrogens is 1. The van der Waals surface area contributed by atoms with Crippen LogP contribution < -0.4 is 10.6 Å². The quantitative estimate of drug-likeness (QED) is 0.867. The predicted molar refractivity (Wildman–Crippen MR) is 73.0 cm³/mol. The van der Waals surface area contributed by atoms with Crippen molar-refractivity contribution >= 4 is 22.7 Å². The molecule has 0 spiro atoms. The summed E-state index contributed by atoms with van der Waals surface area (Å²) in [5.74, 6) is 0.659. The monoisotopic (exact) mass is 259 g/mol. The van der Waals surface area contributed by atoms with Gasteiger partial charge in [0.1, 0.15) is 5.52 Å². The lowest BCUT2D eigenvalue weighted by Crippen LogP contribution is -2.43. The summed E-state index contributed by atoms with van der Waals surface area (Å²) in [7, 11) is 0. The standard InChI is InChI=1S/C14H17N3O2/c1-9-16-12-8-10(5-6-13(12)19-9)17-14(18)11-4-2-3-7-15-11/h5-6,8,11,15H,2-4,7H2,1H3,(H,17,18)/t11-/m1/s1. The van der Waals surface area contributed by atoms with E-state index in [-0.39, 0.29) is 11.9 Å². The number of hydrogen-bond acceptors (Lipinski definition) is 4. The maximum absolute atomic E-state index is 12.1. The smallest absolute Gasteiger partial charge is 0.241 e. The van der Waals surface area contributed by atoms with Crippen molar-refractivity contribution in [3.05, 3.63) is 24.1 Å². The SMILES string of the molecule is Cc1nc2cc(NC(=O)[C@H]3CCCCN3)ccc2o1. The number of carbonyl (C=O) groups is 1. The number of aryl methyl sites for hydroxylation is 1. The molecule has 0 unspecified atom stereocenters. The maximum atomic E-state index is 12.1. The molecule has 1 aromatic carbocycles. The van der Waals surface area contributed by atoms with E-state index in [9.17, 15) is 4.79 Å². The number of oxazole rings is 1. The van der Waals surface area contributed by atoms with Crippen LogP contribution in [-0.2, 0) is 4.79 Å². The van der Waals surface area contributed by atoms with E-state index in [0.29, 0.717) is 5.89 Å². The van der Waals surface area contributed by atoms with Crippen LogP contribution in [0.4, 0.5) is 5.69 Å². The number of amides is 1. The average molecular weight is 259 g/mol. The van der Waals surface area contributed by atoms with E-state index in [1.54, 1.807) is 0 Å². The Kier molecular flexibility index (Phi) is 3.21. The fourth-order valence-corrected chi connectivity index (χ4v) is 2.43. The van der Waals surface area contributed by atoms with E-state index >= 15 is 0 Å². The van der Waals surface area contributed by atoms with E-state index < -0.39 is 0 Å². The fraction of sp³-hybridized carbons (Fsp3) is 0.429. The summed E-state index contributed by atoms with van der Waals surface area (Å²) >= 11 is 0. The van der Waals surface area contributed by atoms with Crippen molar-refractivity contribution in [2.24, 2.45) is 0 Å². The molecule has 0 radical (unpaired) electrons. The van der Waals surface area contributed by atoms with Gasteiger partial charge in [0.15, 0.2) is 11.5 Å². The third-order valence-electron chi connectivity index (χ3n) is 3.39. The molecule has 100 valence electrons. The van der Waals surface area contributed by atoms with Crippen LogP contribution in [0.25, 0.3) is 11.1 Å². The lowest BCUT2D eigenvalue weighted by atomic mass is 10.0. The Bertz CT molecular complexity index is 600. The summed E-state index contributed by atoms with van der Waals surface area (Å²) < 4.78 is 5.41. The fourth-order valence-electron chi connectivity index (χ4n) is 2.43.